The van der Waals surface area contributed by atoms with Crippen molar-refractivity contribution in [3.63, 3.8) is 0 Å². The van der Waals surface area contributed by atoms with Gasteiger partial charge in [0.25, 0.3) is 5.91 Å². The van der Waals surface area contributed by atoms with Crippen molar-refractivity contribution < 1.29 is 22.4 Å². The van der Waals surface area contributed by atoms with Crippen molar-refractivity contribution in [2.24, 2.45) is 0 Å². The second-order valence-corrected chi connectivity index (χ2v) is 3.08. The minimum atomic E-state index is -4.59. The zero-order valence-corrected chi connectivity index (χ0v) is 8.35. The standard InChI is InChI=1S/C9H13F4NO/c1-3-4-5-6-14(2)8(15)9(12,13)7(10)11/h3,7H,1,4-6H2,2H3. The lowest BCUT2D eigenvalue weighted by Crippen LogP contribution is -2.46. The Hall–Kier alpha value is -1.07. The third kappa shape index (κ3) is 3.89. The van der Waals surface area contributed by atoms with E-state index in [1.165, 1.54) is 0 Å². The van der Waals surface area contributed by atoms with Crippen LogP contribution in [0.1, 0.15) is 12.8 Å². The fourth-order valence-corrected chi connectivity index (χ4v) is 0.922. The van der Waals surface area contributed by atoms with Gasteiger partial charge in [-0.1, -0.05) is 6.08 Å². The Kier molecular flexibility index (Phi) is 5.32. The summed E-state index contributed by atoms with van der Waals surface area (Å²) in [5.41, 5.74) is 0. The van der Waals surface area contributed by atoms with E-state index in [-0.39, 0.29) is 6.54 Å². The summed E-state index contributed by atoms with van der Waals surface area (Å²) < 4.78 is 48.7. The number of unbranched alkanes of at least 4 members (excludes halogenated alkanes) is 1. The number of carbonyl (C=O) groups excluding carboxylic acids is 1. The lowest BCUT2D eigenvalue weighted by atomic mass is 10.2. The van der Waals surface area contributed by atoms with Crippen molar-refractivity contribution in [1.29, 1.82) is 0 Å². The third-order valence-electron chi connectivity index (χ3n) is 1.81. The highest BCUT2D eigenvalue weighted by Gasteiger charge is 2.50. The van der Waals surface area contributed by atoms with Gasteiger partial charge in [0.1, 0.15) is 0 Å². The first-order valence-corrected chi connectivity index (χ1v) is 4.36. The van der Waals surface area contributed by atoms with Gasteiger partial charge >= 0.3 is 12.3 Å². The summed E-state index contributed by atoms with van der Waals surface area (Å²) in [7, 11) is 1.07. The highest BCUT2D eigenvalue weighted by molar-refractivity contribution is 5.83. The average molecular weight is 227 g/mol. The van der Waals surface area contributed by atoms with Gasteiger partial charge in [-0.2, -0.15) is 8.78 Å². The van der Waals surface area contributed by atoms with Crippen LogP contribution in [0, 0.1) is 0 Å². The van der Waals surface area contributed by atoms with Crippen LogP contribution in [0.2, 0.25) is 0 Å². The molecule has 0 heterocycles. The van der Waals surface area contributed by atoms with Crippen molar-refractivity contribution >= 4 is 5.91 Å². The Morgan fingerprint density at radius 2 is 2.07 bits per heavy atom. The molecule has 0 bridgehead atoms. The average Bonchev–Trinajstić information content (AvgIpc) is 2.16. The van der Waals surface area contributed by atoms with Gasteiger partial charge in [0.15, 0.2) is 0 Å². The molecule has 0 rings (SSSR count). The summed E-state index contributed by atoms with van der Waals surface area (Å²) in [6, 6.07) is 0. The number of hydrogen-bond acceptors (Lipinski definition) is 1. The Morgan fingerprint density at radius 1 is 1.53 bits per heavy atom. The summed E-state index contributed by atoms with van der Waals surface area (Å²) >= 11 is 0. The Labute approximate surface area is 85.6 Å². The second kappa shape index (κ2) is 5.72. The Balaban J connectivity index is 4.25. The van der Waals surface area contributed by atoms with E-state index in [1.54, 1.807) is 6.08 Å². The number of carbonyl (C=O) groups is 1. The quantitative estimate of drug-likeness (QED) is 0.387. The highest BCUT2D eigenvalue weighted by Crippen LogP contribution is 2.24. The van der Waals surface area contributed by atoms with Gasteiger partial charge in [0, 0.05) is 13.6 Å². The lowest BCUT2D eigenvalue weighted by Gasteiger charge is -2.22. The van der Waals surface area contributed by atoms with Crippen LogP contribution in [0.3, 0.4) is 0 Å². The summed E-state index contributed by atoms with van der Waals surface area (Å²) in [4.78, 5) is 11.5. The van der Waals surface area contributed by atoms with E-state index in [9.17, 15) is 22.4 Å². The number of halogens is 4. The molecular weight excluding hydrogens is 214 g/mol. The molecule has 0 fully saturated rings. The first-order valence-electron chi connectivity index (χ1n) is 4.36. The van der Waals surface area contributed by atoms with Crippen molar-refractivity contribution in [3.8, 4) is 0 Å². The maximum absolute atomic E-state index is 12.5. The molecule has 1 amide bonds. The number of hydrogen-bond donors (Lipinski definition) is 0. The van der Waals surface area contributed by atoms with Crippen LogP contribution >= 0.6 is 0 Å². The van der Waals surface area contributed by atoms with E-state index >= 15 is 0 Å². The molecule has 0 spiro atoms. The number of amides is 1. The number of alkyl halides is 4. The van der Waals surface area contributed by atoms with Gasteiger partial charge in [0.2, 0.25) is 0 Å². The summed E-state index contributed by atoms with van der Waals surface area (Å²) in [5.74, 6) is -6.44. The molecule has 0 atom stereocenters. The molecule has 0 N–H and O–H groups in total. The van der Waals surface area contributed by atoms with E-state index in [1.807, 2.05) is 0 Å². The highest BCUT2D eigenvalue weighted by atomic mass is 19.3. The van der Waals surface area contributed by atoms with E-state index in [4.69, 9.17) is 0 Å². The molecule has 0 aromatic carbocycles. The lowest BCUT2D eigenvalue weighted by molar-refractivity contribution is -0.179. The molecule has 0 saturated heterocycles. The molecule has 0 aliphatic heterocycles. The molecule has 88 valence electrons. The molecule has 6 heteroatoms. The Morgan fingerprint density at radius 3 is 2.47 bits per heavy atom. The van der Waals surface area contributed by atoms with Crippen LogP contribution in [-0.4, -0.2) is 36.7 Å². The summed E-state index contributed by atoms with van der Waals surface area (Å²) in [6.07, 6.45) is -1.45. The number of nitrogens with zero attached hydrogens (tertiary/aromatic N) is 1. The molecule has 0 radical (unpaired) electrons. The fourth-order valence-electron chi connectivity index (χ4n) is 0.922. The topological polar surface area (TPSA) is 20.3 Å². The van der Waals surface area contributed by atoms with Crippen molar-refractivity contribution in [2.75, 3.05) is 13.6 Å². The third-order valence-corrected chi connectivity index (χ3v) is 1.81. The van der Waals surface area contributed by atoms with Gasteiger partial charge in [-0.25, -0.2) is 8.78 Å². The molecule has 15 heavy (non-hydrogen) atoms. The summed E-state index contributed by atoms with van der Waals surface area (Å²) in [6.45, 7) is 3.41. The van der Waals surface area contributed by atoms with Gasteiger partial charge in [-0.3, -0.25) is 4.79 Å². The van der Waals surface area contributed by atoms with Crippen molar-refractivity contribution in [3.05, 3.63) is 12.7 Å². The number of rotatable bonds is 6. The minimum absolute atomic E-state index is 0.00711. The van der Waals surface area contributed by atoms with Crippen LogP contribution < -0.4 is 0 Å². The van der Waals surface area contributed by atoms with Crippen molar-refractivity contribution in [2.45, 2.75) is 25.2 Å². The predicted molar refractivity (Wildman–Crippen MR) is 48.0 cm³/mol. The zero-order valence-electron chi connectivity index (χ0n) is 8.35. The number of allylic oxidation sites excluding steroid dienone is 1. The van der Waals surface area contributed by atoms with Crippen molar-refractivity contribution in [1.82, 2.24) is 4.90 Å². The monoisotopic (exact) mass is 227 g/mol. The van der Waals surface area contributed by atoms with Crippen LogP contribution in [0.5, 0.6) is 0 Å². The predicted octanol–water partition coefficient (Wildman–Crippen LogP) is 2.31. The van der Waals surface area contributed by atoms with E-state index in [2.05, 4.69) is 6.58 Å². The fraction of sp³-hybridized carbons (Fsp3) is 0.667. The van der Waals surface area contributed by atoms with Crippen LogP contribution in [0.25, 0.3) is 0 Å². The smallest absolute Gasteiger partial charge is 0.340 e. The first-order chi connectivity index (χ1) is 6.84. The second-order valence-electron chi connectivity index (χ2n) is 3.08. The van der Waals surface area contributed by atoms with Gasteiger partial charge < -0.3 is 4.90 Å². The Bertz CT molecular complexity index is 230. The van der Waals surface area contributed by atoms with Crippen LogP contribution in [0.4, 0.5) is 17.6 Å². The molecule has 0 saturated carbocycles. The zero-order chi connectivity index (χ0) is 12.1. The molecular formula is C9H13F4NO. The molecule has 0 unspecified atom stereocenters. The van der Waals surface area contributed by atoms with Crippen LogP contribution in [-0.2, 0) is 4.79 Å². The molecule has 0 aromatic heterocycles. The molecule has 0 aromatic rings. The van der Waals surface area contributed by atoms with E-state index in [0.29, 0.717) is 17.7 Å². The maximum Gasteiger partial charge on any atom is 0.383 e. The van der Waals surface area contributed by atoms with Gasteiger partial charge in [-0.15, -0.1) is 6.58 Å². The normalized spacial score (nSPS) is 11.6. The molecule has 0 aliphatic rings. The molecule has 0 aliphatic carbocycles. The summed E-state index contributed by atoms with van der Waals surface area (Å²) in [5, 5.41) is 0. The maximum atomic E-state index is 12.5. The SMILES string of the molecule is C=CCCCN(C)C(=O)C(F)(F)C(F)F. The van der Waals surface area contributed by atoms with Gasteiger partial charge in [-0.05, 0) is 12.8 Å². The van der Waals surface area contributed by atoms with Crippen LogP contribution in [0.15, 0.2) is 12.7 Å². The van der Waals surface area contributed by atoms with E-state index in [0.717, 1.165) is 7.05 Å². The van der Waals surface area contributed by atoms with E-state index < -0.39 is 18.3 Å². The first kappa shape index (κ1) is 13.9. The largest absolute Gasteiger partial charge is 0.383 e. The van der Waals surface area contributed by atoms with Gasteiger partial charge in [0.05, 0.1) is 0 Å². The molecule has 2 nitrogen and oxygen atoms in total. The minimum Gasteiger partial charge on any atom is -0.340 e.